The Morgan fingerprint density at radius 2 is 2.00 bits per heavy atom. The minimum absolute atomic E-state index is 0.0254. The maximum absolute atomic E-state index is 12.5. The lowest BCUT2D eigenvalue weighted by atomic mass is 9.68. The summed E-state index contributed by atoms with van der Waals surface area (Å²) in [4.78, 5) is 14.5. The van der Waals surface area contributed by atoms with Crippen LogP contribution in [0.3, 0.4) is 0 Å². The molecule has 2 aromatic rings. The molecule has 0 saturated carbocycles. The van der Waals surface area contributed by atoms with Crippen molar-refractivity contribution >= 4 is 11.6 Å². The van der Waals surface area contributed by atoms with E-state index in [0.29, 0.717) is 18.2 Å². The van der Waals surface area contributed by atoms with Crippen molar-refractivity contribution in [3.63, 3.8) is 0 Å². The number of hydrogen-bond donors (Lipinski definition) is 2. The van der Waals surface area contributed by atoms with Crippen LogP contribution in [-0.4, -0.2) is 35.5 Å². The predicted molar refractivity (Wildman–Crippen MR) is 101 cm³/mol. The molecule has 1 heterocycles. The molecule has 1 aliphatic rings. The van der Waals surface area contributed by atoms with Crippen molar-refractivity contribution in [2.45, 2.75) is 25.7 Å². The van der Waals surface area contributed by atoms with Crippen LogP contribution in [0.15, 0.2) is 54.6 Å². The van der Waals surface area contributed by atoms with E-state index in [1.54, 1.807) is 6.07 Å². The summed E-state index contributed by atoms with van der Waals surface area (Å²) < 4.78 is 0. The number of rotatable bonds is 4. The van der Waals surface area contributed by atoms with E-state index < -0.39 is 0 Å². The minimum atomic E-state index is -0.0254. The molecule has 0 spiro atoms. The standard InChI is InChI=1S/C21H26N2O2/c1-16-15-23(20(25)14-22-18-8-4-3-5-9-18)12-11-21(16,2)17-7-6-10-19(24)13-17/h3-10,13,16,22,24H,11-12,14-15H2,1-2H3/t16-,21-/m0/s1. The first-order valence-electron chi connectivity index (χ1n) is 8.85. The largest absolute Gasteiger partial charge is 0.508 e. The summed E-state index contributed by atoms with van der Waals surface area (Å²) in [5.74, 6) is 0.758. The Hall–Kier alpha value is -2.49. The number of para-hydroxylation sites is 1. The van der Waals surface area contributed by atoms with Gasteiger partial charge in [0.15, 0.2) is 0 Å². The summed E-state index contributed by atoms with van der Waals surface area (Å²) in [7, 11) is 0. The number of amides is 1. The first-order chi connectivity index (χ1) is 12.0. The molecule has 132 valence electrons. The molecule has 0 aromatic heterocycles. The first kappa shape index (κ1) is 17.3. The van der Waals surface area contributed by atoms with E-state index >= 15 is 0 Å². The summed E-state index contributed by atoms with van der Waals surface area (Å²) in [6.07, 6.45) is 0.898. The van der Waals surface area contributed by atoms with Crippen molar-refractivity contribution in [3.8, 4) is 5.75 Å². The highest BCUT2D eigenvalue weighted by Crippen LogP contribution is 2.40. The molecule has 1 saturated heterocycles. The third-order valence-electron chi connectivity index (χ3n) is 5.56. The average Bonchev–Trinajstić information content (AvgIpc) is 2.63. The average molecular weight is 338 g/mol. The third kappa shape index (κ3) is 3.78. The lowest BCUT2D eigenvalue weighted by Gasteiger charge is -2.45. The van der Waals surface area contributed by atoms with E-state index in [4.69, 9.17) is 0 Å². The molecule has 0 bridgehead atoms. The first-order valence-corrected chi connectivity index (χ1v) is 8.85. The summed E-state index contributed by atoms with van der Waals surface area (Å²) in [5, 5.41) is 13.0. The monoisotopic (exact) mass is 338 g/mol. The molecule has 3 rings (SSSR count). The SMILES string of the molecule is C[C@H]1CN(C(=O)CNc2ccccc2)CC[C@]1(C)c1cccc(O)c1. The highest BCUT2D eigenvalue weighted by molar-refractivity contribution is 5.81. The quantitative estimate of drug-likeness (QED) is 0.895. The van der Waals surface area contributed by atoms with E-state index in [1.165, 1.54) is 0 Å². The van der Waals surface area contributed by atoms with Gasteiger partial charge in [-0.15, -0.1) is 0 Å². The number of phenols is 1. The topological polar surface area (TPSA) is 52.6 Å². The van der Waals surface area contributed by atoms with Gasteiger partial charge in [0, 0.05) is 18.8 Å². The van der Waals surface area contributed by atoms with Crippen molar-refractivity contribution in [1.82, 2.24) is 4.90 Å². The van der Waals surface area contributed by atoms with Gasteiger partial charge in [-0.2, -0.15) is 0 Å². The molecule has 1 fully saturated rings. The number of carbonyl (C=O) groups excluding carboxylic acids is 1. The van der Waals surface area contributed by atoms with Crippen LogP contribution < -0.4 is 5.32 Å². The van der Waals surface area contributed by atoms with Crippen LogP contribution in [0.1, 0.15) is 25.8 Å². The maximum Gasteiger partial charge on any atom is 0.241 e. The van der Waals surface area contributed by atoms with Gasteiger partial charge in [-0.25, -0.2) is 0 Å². The molecule has 4 nitrogen and oxygen atoms in total. The Balaban J connectivity index is 1.62. The number of nitrogens with zero attached hydrogens (tertiary/aromatic N) is 1. The molecule has 0 aliphatic carbocycles. The summed E-state index contributed by atoms with van der Waals surface area (Å²) in [5.41, 5.74) is 2.09. The fourth-order valence-electron chi connectivity index (χ4n) is 3.60. The number of benzene rings is 2. The number of nitrogens with one attached hydrogen (secondary N) is 1. The molecule has 2 N–H and O–H groups in total. The molecule has 2 aromatic carbocycles. The Morgan fingerprint density at radius 3 is 2.68 bits per heavy atom. The van der Waals surface area contributed by atoms with E-state index in [0.717, 1.165) is 30.8 Å². The van der Waals surface area contributed by atoms with Gasteiger partial charge in [-0.05, 0) is 47.6 Å². The van der Waals surface area contributed by atoms with Crippen molar-refractivity contribution in [2.24, 2.45) is 5.92 Å². The van der Waals surface area contributed by atoms with E-state index in [9.17, 15) is 9.90 Å². The van der Waals surface area contributed by atoms with Gasteiger partial charge in [-0.1, -0.05) is 44.2 Å². The molecular formula is C21H26N2O2. The molecule has 0 unspecified atom stereocenters. The van der Waals surface area contributed by atoms with Crippen LogP contribution in [0.4, 0.5) is 5.69 Å². The molecule has 1 aliphatic heterocycles. The van der Waals surface area contributed by atoms with Gasteiger partial charge < -0.3 is 15.3 Å². The lowest BCUT2D eigenvalue weighted by molar-refractivity contribution is -0.132. The predicted octanol–water partition coefficient (Wildman–Crippen LogP) is 3.63. The molecule has 2 atom stereocenters. The number of piperidine rings is 1. The second kappa shape index (κ2) is 7.18. The van der Waals surface area contributed by atoms with Gasteiger partial charge in [0.05, 0.1) is 6.54 Å². The molecule has 4 heteroatoms. The normalized spacial score (nSPS) is 23.3. The Labute approximate surface area is 149 Å². The highest BCUT2D eigenvalue weighted by Gasteiger charge is 2.39. The van der Waals surface area contributed by atoms with Crippen LogP contribution in [0.2, 0.25) is 0 Å². The van der Waals surface area contributed by atoms with Crippen LogP contribution in [-0.2, 0) is 10.2 Å². The lowest BCUT2D eigenvalue weighted by Crippen LogP contribution is -2.50. The van der Waals surface area contributed by atoms with Crippen LogP contribution >= 0.6 is 0 Å². The number of carbonyl (C=O) groups is 1. The maximum atomic E-state index is 12.5. The van der Waals surface area contributed by atoms with Crippen molar-refractivity contribution < 1.29 is 9.90 Å². The van der Waals surface area contributed by atoms with Crippen molar-refractivity contribution in [2.75, 3.05) is 25.0 Å². The van der Waals surface area contributed by atoms with Crippen molar-refractivity contribution in [3.05, 3.63) is 60.2 Å². The zero-order valence-electron chi connectivity index (χ0n) is 14.9. The van der Waals surface area contributed by atoms with Crippen LogP contribution in [0.5, 0.6) is 5.75 Å². The Bertz CT molecular complexity index is 732. The van der Waals surface area contributed by atoms with Gasteiger partial charge in [-0.3, -0.25) is 4.79 Å². The highest BCUT2D eigenvalue weighted by atomic mass is 16.3. The van der Waals surface area contributed by atoms with Crippen molar-refractivity contribution in [1.29, 1.82) is 0 Å². The molecule has 1 amide bonds. The summed E-state index contributed by atoms with van der Waals surface area (Å²) in [6, 6.07) is 17.3. The molecule has 25 heavy (non-hydrogen) atoms. The number of anilines is 1. The van der Waals surface area contributed by atoms with Gasteiger partial charge in [0.1, 0.15) is 5.75 Å². The number of hydrogen-bond acceptors (Lipinski definition) is 3. The number of aromatic hydroxyl groups is 1. The van der Waals surface area contributed by atoms with Gasteiger partial charge in [0.25, 0.3) is 0 Å². The zero-order valence-corrected chi connectivity index (χ0v) is 14.9. The fraction of sp³-hybridized carbons (Fsp3) is 0.381. The summed E-state index contributed by atoms with van der Waals surface area (Å²) in [6.45, 7) is 6.22. The van der Waals surface area contributed by atoms with E-state index in [1.807, 2.05) is 47.4 Å². The minimum Gasteiger partial charge on any atom is -0.508 e. The van der Waals surface area contributed by atoms with Gasteiger partial charge >= 0.3 is 0 Å². The second-order valence-corrected chi connectivity index (χ2v) is 7.18. The third-order valence-corrected chi connectivity index (χ3v) is 5.56. The Kier molecular flexibility index (Phi) is 4.98. The molecule has 0 radical (unpaired) electrons. The van der Waals surface area contributed by atoms with Crippen LogP contribution in [0.25, 0.3) is 0 Å². The zero-order chi connectivity index (χ0) is 17.9. The smallest absolute Gasteiger partial charge is 0.241 e. The number of phenolic OH excluding ortho intramolecular Hbond substituents is 1. The fourth-order valence-corrected chi connectivity index (χ4v) is 3.60. The van der Waals surface area contributed by atoms with E-state index in [-0.39, 0.29) is 11.3 Å². The molecular weight excluding hydrogens is 312 g/mol. The number of likely N-dealkylation sites (tertiary alicyclic amines) is 1. The second-order valence-electron chi connectivity index (χ2n) is 7.18. The summed E-state index contributed by atoms with van der Waals surface area (Å²) >= 11 is 0. The van der Waals surface area contributed by atoms with Crippen LogP contribution in [0, 0.1) is 5.92 Å². The van der Waals surface area contributed by atoms with Gasteiger partial charge in [0.2, 0.25) is 5.91 Å². The Morgan fingerprint density at radius 1 is 1.24 bits per heavy atom. The van der Waals surface area contributed by atoms with E-state index in [2.05, 4.69) is 25.2 Å².